The average Bonchev–Trinajstić information content (AvgIpc) is 2.54. The summed E-state index contributed by atoms with van der Waals surface area (Å²) in [5.41, 5.74) is 0. The fourth-order valence-corrected chi connectivity index (χ4v) is 1.33. The number of carboxylic acid groups (broad SMARTS) is 1. The minimum atomic E-state index is -1.12. The predicted octanol–water partition coefficient (Wildman–Crippen LogP) is -5.63. The van der Waals surface area contributed by atoms with Crippen molar-refractivity contribution in [1.82, 2.24) is 10.6 Å². The molecule has 24 heavy (non-hydrogen) atoms. The number of nitrogens with one attached hydrogen (secondary N) is 2. The number of carboxylic acids is 1. The summed E-state index contributed by atoms with van der Waals surface area (Å²) >= 11 is 0. The zero-order valence-electron chi connectivity index (χ0n) is 14.2. The number of carbonyl (C=O) groups is 3. The van der Waals surface area contributed by atoms with Gasteiger partial charge < -0.3 is 40.2 Å². The SMILES string of the molecule is CNC(CCCCNC(=O)OCCO)C(=O)[O-].O=COCCO.[K+]. The number of aliphatic hydroxyl groups is 2. The quantitative estimate of drug-likeness (QED) is 0.148. The Labute approximate surface area is 183 Å². The largest absolute Gasteiger partial charge is 1.00 e. The van der Waals surface area contributed by atoms with Gasteiger partial charge in [0.1, 0.15) is 13.2 Å². The Hall–Kier alpha value is -0.274. The van der Waals surface area contributed by atoms with E-state index in [1.54, 1.807) is 7.05 Å². The summed E-state index contributed by atoms with van der Waals surface area (Å²) in [6.07, 6.45) is 1.18. The van der Waals surface area contributed by atoms with Gasteiger partial charge >= 0.3 is 57.5 Å². The first-order chi connectivity index (χ1) is 11.0. The maximum atomic E-state index is 10.9. The average molecular weight is 376 g/mol. The number of aliphatic hydroxyl groups excluding tert-OH is 2. The van der Waals surface area contributed by atoms with E-state index in [1.807, 2.05) is 0 Å². The van der Waals surface area contributed by atoms with E-state index in [0.717, 1.165) is 0 Å². The maximum Gasteiger partial charge on any atom is 1.00 e. The van der Waals surface area contributed by atoms with Crippen LogP contribution in [0, 0.1) is 0 Å². The molecule has 11 heteroatoms. The number of likely N-dealkylation sites (N-methyl/N-ethyl adjacent to an activating group) is 1. The minimum Gasteiger partial charge on any atom is -0.548 e. The standard InChI is InChI=1S/C10H20N2O5.C3H6O3.K/c1-11-8(9(14)15)4-2-3-5-12-10(16)17-7-6-13;4-1-2-6-3-5;/h8,11,13H,2-7H2,1H3,(H,12,16)(H,14,15);3-4H,1-2H2;/q;;+1/p-1. The molecule has 0 aliphatic heterocycles. The van der Waals surface area contributed by atoms with Gasteiger partial charge in [0.15, 0.2) is 0 Å². The molecule has 0 saturated heterocycles. The first-order valence-electron chi connectivity index (χ1n) is 7.09. The summed E-state index contributed by atoms with van der Waals surface area (Å²) in [7, 11) is 1.56. The molecule has 0 aromatic rings. The second-order valence-corrected chi connectivity index (χ2v) is 4.13. The van der Waals surface area contributed by atoms with Gasteiger partial charge in [0, 0.05) is 12.6 Å². The summed E-state index contributed by atoms with van der Waals surface area (Å²) < 4.78 is 8.61. The van der Waals surface area contributed by atoms with Crippen LogP contribution in [0.2, 0.25) is 0 Å². The normalized spacial score (nSPS) is 10.3. The van der Waals surface area contributed by atoms with Crippen molar-refractivity contribution in [3.63, 3.8) is 0 Å². The van der Waals surface area contributed by atoms with Crippen molar-refractivity contribution in [2.75, 3.05) is 40.0 Å². The number of rotatable bonds is 12. The van der Waals surface area contributed by atoms with Gasteiger partial charge in [-0.1, -0.05) is 0 Å². The molecule has 0 spiro atoms. The Balaban J connectivity index is -0.000000538. The number of carbonyl (C=O) groups excluding carboxylic acids is 3. The van der Waals surface area contributed by atoms with Crippen LogP contribution >= 0.6 is 0 Å². The minimum absolute atomic E-state index is 0. The Bertz CT molecular complexity index is 320. The molecule has 0 aromatic carbocycles. The van der Waals surface area contributed by atoms with Gasteiger partial charge in [-0.3, -0.25) is 4.79 Å². The molecular formula is C13H25KN2O8. The smallest absolute Gasteiger partial charge is 0.548 e. The van der Waals surface area contributed by atoms with Crippen LogP contribution in [0.25, 0.3) is 0 Å². The summed E-state index contributed by atoms with van der Waals surface area (Å²) in [5.74, 6) is -1.12. The van der Waals surface area contributed by atoms with Crippen molar-refractivity contribution < 1.29 is 90.6 Å². The molecule has 0 aliphatic rings. The number of alkyl carbamates (subject to hydrolysis) is 1. The van der Waals surface area contributed by atoms with E-state index < -0.39 is 18.1 Å². The molecule has 1 amide bonds. The molecule has 0 rings (SSSR count). The summed E-state index contributed by atoms with van der Waals surface area (Å²) in [6, 6.07) is -0.656. The van der Waals surface area contributed by atoms with Gasteiger partial charge in [0.05, 0.1) is 19.2 Å². The zero-order valence-corrected chi connectivity index (χ0v) is 17.3. The van der Waals surface area contributed by atoms with Crippen LogP contribution in [0.4, 0.5) is 4.79 Å². The molecule has 1 unspecified atom stereocenters. The molecule has 10 nitrogen and oxygen atoms in total. The van der Waals surface area contributed by atoms with Gasteiger partial charge in [-0.2, -0.15) is 0 Å². The molecule has 0 aromatic heterocycles. The van der Waals surface area contributed by atoms with Crippen molar-refractivity contribution >= 4 is 18.5 Å². The summed E-state index contributed by atoms with van der Waals surface area (Å²) in [6.45, 7) is 0.480. The number of aliphatic carboxylic acids is 1. The van der Waals surface area contributed by atoms with Crippen molar-refractivity contribution in [1.29, 1.82) is 0 Å². The van der Waals surface area contributed by atoms with Crippen molar-refractivity contribution in [2.45, 2.75) is 25.3 Å². The van der Waals surface area contributed by atoms with Gasteiger partial charge in [-0.05, 0) is 26.3 Å². The van der Waals surface area contributed by atoms with Gasteiger partial charge in [-0.25, -0.2) is 4.79 Å². The molecular weight excluding hydrogens is 351 g/mol. The Kier molecular flexibility index (Phi) is 27.0. The fraction of sp³-hybridized carbons (Fsp3) is 0.769. The Morgan fingerprint density at radius 2 is 1.83 bits per heavy atom. The third kappa shape index (κ3) is 21.7. The van der Waals surface area contributed by atoms with E-state index in [4.69, 9.17) is 10.2 Å². The molecule has 0 radical (unpaired) electrons. The number of hydrogen-bond donors (Lipinski definition) is 4. The van der Waals surface area contributed by atoms with Crippen LogP contribution < -0.4 is 67.1 Å². The third-order valence-corrected chi connectivity index (χ3v) is 2.42. The van der Waals surface area contributed by atoms with Crippen LogP contribution in [0.5, 0.6) is 0 Å². The fourth-order valence-electron chi connectivity index (χ4n) is 1.33. The number of amides is 1. The van der Waals surface area contributed by atoms with Gasteiger partial charge in [0.25, 0.3) is 6.47 Å². The first-order valence-corrected chi connectivity index (χ1v) is 7.09. The molecule has 0 fully saturated rings. The van der Waals surface area contributed by atoms with Crippen LogP contribution in [0.1, 0.15) is 19.3 Å². The van der Waals surface area contributed by atoms with Crippen molar-refractivity contribution in [3.8, 4) is 0 Å². The molecule has 4 N–H and O–H groups in total. The molecule has 136 valence electrons. The van der Waals surface area contributed by atoms with Crippen LogP contribution in [-0.4, -0.2) is 74.8 Å². The Morgan fingerprint density at radius 3 is 2.25 bits per heavy atom. The third-order valence-electron chi connectivity index (χ3n) is 2.42. The van der Waals surface area contributed by atoms with E-state index in [1.165, 1.54) is 0 Å². The van der Waals surface area contributed by atoms with E-state index in [2.05, 4.69) is 20.1 Å². The Morgan fingerprint density at radius 1 is 1.21 bits per heavy atom. The monoisotopic (exact) mass is 376 g/mol. The number of unbranched alkanes of at least 4 members (excludes halogenated alkanes) is 1. The maximum absolute atomic E-state index is 10.9. The van der Waals surface area contributed by atoms with Crippen LogP contribution in [0.3, 0.4) is 0 Å². The molecule has 0 heterocycles. The second kappa shape index (κ2) is 22.7. The second-order valence-electron chi connectivity index (χ2n) is 4.13. The molecule has 1 atom stereocenters. The van der Waals surface area contributed by atoms with E-state index in [9.17, 15) is 19.5 Å². The number of hydrogen-bond acceptors (Lipinski definition) is 9. The van der Waals surface area contributed by atoms with Gasteiger partial charge in [-0.15, -0.1) is 0 Å². The summed E-state index contributed by atoms with van der Waals surface area (Å²) in [5, 5.41) is 31.9. The van der Waals surface area contributed by atoms with Crippen LogP contribution in [0.15, 0.2) is 0 Å². The predicted molar refractivity (Wildman–Crippen MR) is 77.2 cm³/mol. The van der Waals surface area contributed by atoms with E-state index >= 15 is 0 Å². The zero-order chi connectivity index (χ0) is 17.9. The van der Waals surface area contributed by atoms with Gasteiger partial charge in [0.2, 0.25) is 0 Å². The topological polar surface area (TPSA) is 157 Å². The van der Waals surface area contributed by atoms with Crippen molar-refractivity contribution in [2.24, 2.45) is 0 Å². The molecule has 0 saturated carbocycles. The molecule has 0 aliphatic carbocycles. The first kappa shape index (κ1) is 28.5. The van der Waals surface area contributed by atoms with Crippen molar-refractivity contribution in [3.05, 3.63) is 0 Å². The van der Waals surface area contributed by atoms with E-state index in [-0.39, 0.29) is 77.8 Å². The summed E-state index contributed by atoms with van der Waals surface area (Å²) in [4.78, 5) is 30.7. The van der Waals surface area contributed by atoms with E-state index in [0.29, 0.717) is 32.3 Å². The molecule has 0 bridgehead atoms. The number of ether oxygens (including phenoxy) is 2. The van der Waals surface area contributed by atoms with Crippen LogP contribution in [-0.2, 0) is 19.1 Å².